The quantitative estimate of drug-likeness (QED) is 0.271. The Hall–Kier alpha value is -4.44. The number of carbonyl (C=O) groups is 3. The first-order chi connectivity index (χ1) is 17.8. The highest BCUT2D eigenvalue weighted by atomic mass is 32.9. The topological polar surface area (TPSA) is 179 Å². The fourth-order valence-corrected chi connectivity index (χ4v) is 4.98. The van der Waals surface area contributed by atoms with Crippen molar-refractivity contribution in [1.82, 2.24) is 29.0 Å². The number of carboxylic acid groups (broad SMARTS) is 1. The number of hydrogen-bond acceptors (Lipinski definition) is 11. The first-order valence-electron chi connectivity index (χ1n) is 10.6. The van der Waals surface area contributed by atoms with Crippen LogP contribution in [0.3, 0.4) is 0 Å². The van der Waals surface area contributed by atoms with Crippen LogP contribution in [0.1, 0.15) is 5.56 Å². The molecule has 0 fully saturated rings. The monoisotopic (exact) mass is 545 g/mol. The summed E-state index contributed by atoms with van der Waals surface area (Å²) < 4.78 is 7.51. The Bertz CT molecular complexity index is 1520. The number of anilines is 1. The van der Waals surface area contributed by atoms with E-state index in [2.05, 4.69) is 20.3 Å². The smallest absolute Gasteiger partial charge is 0.413 e. The predicted octanol–water partition coefficient (Wildman–Crippen LogP) is 0.833. The fourth-order valence-electron chi connectivity index (χ4n) is 3.28. The highest BCUT2D eigenvalue weighted by Crippen LogP contribution is 2.18. The number of ether oxygens (including phenoxy) is 1. The average molecular weight is 546 g/mol. The maximum Gasteiger partial charge on any atom is 0.413 e. The lowest BCUT2D eigenvalue weighted by molar-refractivity contribution is -0.144. The van der Waals surface area contributed by atoms with E-state index in [0.29, 0.717) is 0 Å². The van der Waals surface area contributed by atoms with Gasteiger partial charge in [-0.2, -0.15) is 0 Å². The molecule has 3 aromatic heterocycles. The van der Waals surface area contributed by atoms with Crippen LogP contribution in [0, 0.1) is 0 Å². The largest absolute Gasteiger partial charge is 0.480 e. The lowest BCUT2D eigenvalue weighted by Gasteiger charge is -2.20. The van der Waals surface area contributed by atoms with Crippen LogP contribution in [0.2, 0.25) is 0 Å². The Morgan fingerprint density at radius 3 is 2.49 bits per heavy atom. The molecule has 4 rings (SSSR count). The average Bonchev–Trinajstić information content (AvgIpc) is 3.43. The summed E-state index contributed by atoms with van der Waals surface area (Å²) in [6.45, 7) is -1.20. The molecule has 0 unspecified atom stereocenters. The summed E-state index contributed by atoms with van der Waals surface area (Å²) in [5.41, 5.74) is 1.21. The van der Waals surface area contributed by atoms with Crippen molar-refractivity contribution < 1.29 is 24.2 Å². The Morgan fingerprint density at radius 1 is 1.05 bits per heavy atom. The van der Waals surface area contributed by atoms with Gasteiger partial charge in [0.2, 0.25) is 5.91 Å². The Morgan fingerprint density at radius 2 is 1.78 bits per heavy atom. The van der Waals surface area contributed by atoms with E-state index in [9.17, 15) is 29.1 Å². The van der Waals surface area contributed by atoms with E-state index in [1.165, 1.54) is 17.2 Å². The molecule has 0 bridgehead atoms. The second-order valence-electron chi connectivity index (χ2n) is 7.51. The van der Waals surface area contributed by atoms with Gasteiger partial charge in [0.05, 0.1) is 6.33 Å². The van der Waals surface area contributed by atoms with E-state index >= 15 is 0 Å². The minimum Gasteiger partial charge on any atom is -0.480 e. The zero-order valence-electron chi connectivity index (χ0n) is 19.0. The number of fused-ring (bicyclic) bond motifs is 1. The molecule has 0 aliphatic heterocycles. The van der Waals surface area contributed by atoms with Crippen LogP contribution in [0.25, 0.3) is 11.2 Å². The predicted molar refractivity (Wildman–Crippen MR) is 133 cm³/mol. The minimum absolute atomic E-state index is 0.0508. The molecule has 192 valence electrons. The van der Waals surface area contributed by atoms with Crippen molar-refractivity contribution in [2.75, 3.05) is 18.4 Å². The standard InChI is InChI=1S/C21H19N7O7S2/c29-14(26(9-15(30)31)6-7-28-20(33)36-37-21(28)34)8-27-12-24-16-17(22-11-23-18(16)27)25-19(32)35-10-13-4-2-1-3-5-13/h1-5,11-12H,6-10H2,(H,30,31)(H,22,23,25,32). The van der Waals surface area contributed by atoms with Crippen LogP contribution in [-0.2, 0) is 34.0 Å². The van der Waals surface area contributed by atoms with Gasteiger partial charge in [0.15, 0.2) is 17.0 Å². The summed E-state index contributed by atoms with van der Waals surface area (Å²) in [4.78, 5) is 72.4. The van der Waals surface area contributed by atoms with Crippen LogP contribution >= 0.6 is 20.7 Å². The van der Waals surface area contributed by atoms with Crippen molar-refractivity contribution in [3.63, 3.8) is 0 Å². The van der Waals surface area contributed by atoms with E-state index in [1.54, 1.807) is 12.1 Å². The number of nitrogens with zero attached hydrogens (tertiary/aromatic N) is 6. The number of carboxylic acids is 1. The lowest BCUT2D eigenvalue weighted by atomic mass is 10.2. The molecule has 0 aliphatic carbocycles. The Kier molecular flexibility index (Phi) is 7.99. The van der Waals surface area contributed by atoms with Gasteiger partial charge < -0.3 is 19.3 Å². The molecule has 2 amide bonds. The third kappa shape index (κ3) is 6.42. The van der Waals surface area contributed by atoms with E-state index in [0.717, 1.165) is 35.7 Å². The highest BCUT2D eigenvalue weighted by Gasteiger charge is 2.21. The highest BCUT2D eigenvalue weighted by molar-refractivity contribution is 7.67. The molecule has 0 atom stereocenters. The maximum atomic E-state index is 12.9. The minimum atomic E-state index is -1.26. The van der Waals surface area contributed by atoms with Gasteiger partial charge in [-0.1, -0.05) is 30.3 Å². The number of aromatic nitrogens is 5. The molecule has 1 aromatic carbocycles. The van der Waals surface area contributed by atoms with Crippen molar-refractivity contribution in [2.45, 2.75) is 19.7 Å². The van der Waals surface area contributed by atoms with Gasteiger partial charge in [0, 0.05) is 13.1 Å². The van der Waals surface area contributed by atoms with Crippen molar-refractivity contribution in [1.29, 1.82) is 0 Å². The van der Waals surface area contributed by atoms with E-state index in [-0.39, 0.29) is 43.2 Å². The van der Waals surface area contributed by atoms with Gasteiger partial charge in [0.25, 0.3) is 0 Å². The molecule has 0 saturated heterocycles. The fraction of sp³-hybridized carbons (Fsp3) is 0.238. The maximum absolute atomic E-state index is 12.9. The third-order valence-electron chi connectivity index (χ3n) is 5.04. The SMILES string of the molecule is O=C(O)CN(CCn1c(=O)ssc1=O)C(=O)Cn1cnc2c(NC(=O)OCc3ccccc3)ncnc21. The van der Waals surface area contributed by atoms with Gasteiger partial charge >= 0.3 is 21.8 Å². The molecule has 14 nitrogen and oxygen atoms in total. The number of nitrogens with one attached hydrogen (secondary N) is 1. The third-order valence-corrected chi connectivity index (χ3v) is 6.95. The number of amides is 2. The van der Waals surface area contributed by atoms with E-state index in [1.807, 2.05) is 18.2 Å². The van der Waals surface area contributed by atoms with E-state index < -0.39 is 34.3 Å². The van der Waals surface area contributed by atoms with Crippen molar-refractivity contribution in [2.24, 2.45) is 0 Å². The molecule has 0 saturated carbocycles. The van der Waals surface area contributed by atoms with Crippen molar-refractivity contribution >= 4 is 55.6 Å². The molecule has 3 heterocycles. The molecule has 16 heteroatoms. The molecule has 37 heavy (non-hydrogen) atoms. The second kappa shape index (κ2) is 11.5. The summed E-state index contributed by atoms with van der Waals surface area (Å²) in [7, 11) is 1.54. The van der Waals surface area contributed by atoms with Gasteiger partial charge in [-0.05, 0) is 26.2 Å². The van der Waals surface area contributed by atoms with E-state index in [4.69, 9.17) is 4.74 Å². The van der Waals surface area contributed by atoms with Crippen LogP contribution in [0.4, 0.5) is 10.6 Å². The van der Waals surface area contributed by atoms with Gasteiger partial charge in [-0.15, -0.1) is 0 Å². The molecular formula is C21H19N7O7S2. The zero-order chi connectivity index (χ0) is 26.4. The molecule has 0 spiro atoms. The number of aliphatic carboxylic acids is 1. The molecule has 0 aliphatic rings. The number of benzene rings is 1. The summed E-state index contributed by atoms with van der Waals surface area (Å²) in [6.07, 6.45) is 1.72. The van der Waals surface area contributed by atoms with Crippen LogP contribution < -0.4 is 15.1 Å². The van der Waals surface area contributed by atoms with Gasteiger partial charge in [-0.25, -0.2) is 19.7 Å². The number of rotatable bonds is 10. The van der Waals surface area contributed by atoms with Crippen LogP contribution in [-0.4, -0.2) is 65.2 Å². The molecular weight excluding hydrogens is 526 g/mol. The van der Waals surface area contributed by atoms with Crippen LogP contribution in [0.15, 0.2) is 52.6 Å². The van der Waals surface area contributed by atoms with Gasteiger partial charge in [-0.3, -0.25) is 29.1 Å². The Balaban J connectivity index is 1.45. The summed E-state index contributed by atoms with van der Waals surface area (Å²) in [5.74, 6) is -1.79. The zero-order valence-corrected chi connectivity index (χ0v) is 20.6. The first-order valence-corrected chi connectivity index (χ1v) is 12.8. The molecule has 4 aromatic rings. The number of imidazole rings is 1. The summed E-state index contributed by atoms with van der Waals surface area (Å²) in [5, 5.41) is 11.7. The first kappa shape index (κ1) is 25.6. The van der Waals surface area contributed by atoms with Gasteiger partial charge in [0.1, 0.15) is 26.0 Å². The van der Waals surface area contributed by atoms with Crippen molar-refractivity contribution in [3.05, 3.63) is 67.9 Å². The molecule has 0 radical (unpaired) electrons. The lowest BCUT2D eigenvalue weighted by Crippen LogP contribution is -2.41. The Labute approximate surface area is 214 Å². The molecule has 2 N–H and O–H groups in total. The van der Waals surface area contributed by atoms with Crippen LogP contribution in [0.5, 0.6) is 0 Å². The second-order valence-corrected chi connectivity index (χ2v) is 9.54. The summed E-state index contributed by atoms with van der Waals surface area (Å²) in [6, 6.07) is 9.10. The summed E-state index contributed by atoms with van der Waals surface area (Å²) >= 11 is 0. The normalized spacial score (nSPS) is 10.8. The van der Waals surface area contributed by atoms with Crippen molar-refractivity contribution in [3.8, 4) is 0 Å². The number of hydrogen-bond donors (Lipinski definition) is 2. The number of carbonyl (C=O) groups excluding carboxylic acids is 2.